The Bertz CT molecular complexity index is 444. The monoisotopic (exact) mass is 252 g/mol. The molecular formula is C10H12N4S2. The van der Waals surface area contributed by atoms with Gasteiger partial charge in [0, 0.05) is 12.2 Å². The molecule has 0 aromatic carbocycles. The summed E-state index contributed by atoms with van der Waals surface area (Å²) in [6.07, 6.45) is 3.39. The van der Waals surface area contributed by atoms with E-state index in [0.717, 1.165) is 9.37 Å². The molecule has 2 heterocycles. The minimum Gasteiger partial charge on any atom is -0.313 e. The Kier molecular flexibility index (Phi) is 3.87. The first-order valence-corrected chi connectivity index (χ1v) is 6.46. The van der Waals surface area contributed by atoms with Crippen molar-refractivity contribution in [3.05, 3.63) is 30.2 Å². The second-order valence-corrected chi connectivity index (χ2v) is 5.29. The molecule has 0 fully saturated rings. The van der Waals surface area contributed by atoms with Gasteiger partial charge in [-0.3, -0.25) is 0 Å². The fraction of sp³-hybridized carbons (Fsp3) is 0.300. The first kappa shape index (κ1) is 11.5. The van der Waals surface area contributed by atoms with E-state index in [1.807, 2.05) is 19.3 Å². The molecule has 0 aliphatic rings. The molecule has 0 aliphatic heterocycles. The molecule has 0 saturated carbocycles. The van der Waals surface area contributed by atoms with Crippen LogP contribution in [0.2, 0.25) is 0 Å². The number of hydrogen-bond donors (Lipinski definition) is 1. The molecule has 2 rings (SSSR count). The van der Waals surface area contributed by atoms with Gasteiger partial charge in [-0.2, -0.15) is 4.37 Å². The Morgan fingerprint density at radius 3 is 3.00 bits per heavy atom. The number of rotatable bonds is 4. The van der Waals surface area contributed by atoms with Gasteiger partial charge in [-0.25, -0.2) is 9.97 Å². The molecule has 1 atom stereocenters. The Hall–Kier alpha value is -0.980. The van der Waals surface area contributed by atoms with Gasteiger partial charge in [0.2, 0.25) is 0 Å². The third kappa shape index (κ3) is 2.78. The zero-order valence-electron chi connectivity index (χ0n) is 9.04. The third-order valence-electron chi connectivity index (χ3n) is 2.22. The maximum absolute atomic E-state index is 4.31. The summed E-state index contributed by atoms with van der Waals surface area (Å²) in [4.78, 5) is 8.43. The van der Waals surface area contributed by atoms with Gasteiger partial charge >= 0.3 is 0 Å². The highest BCUT2D eigenvalue weighted by atomic mass is 32.2. The van der Waals surface area contributed by atoms with Crippen molar-refractivity contribution in [3.63, 3.8) is 0 Å². The average molecular weight is 252 g/mol. The largest absolute Gasteiger partial charge is 0.313 e. The highest BCUT2D eigenvalue weighted by Gasteiger charge is 2.06. The van der Waals surface area contributed by atoms with Crippen LogP contribution >= 0.6 is 23.3 Å². The van der Waals surface area contributed by atoms with E-state index >= 15 is 0 Å². The smallest absolute Gasteiger partial charge is 0.175 e. The third-order valence-corrected chi connectivity index (χ3v) is 3.87. The summed E-state index contributed by atoms with van der Waals surface area (Å²) in [5, 5.41) is 4.16. The van der Waals surface area contributed by atoms with Gasteiger partial charge in [0.05, 0.1) is 0 Å². The standard InChI is InChI=1S/C10H12N4S2/c1-7(11-2)8-3-4-12-9(5-8)15-10-13-6-14-16-10/h3-7,11H,1-2H3. The van der Waals surface area contributed by atoms with Crippen LogP contribution in [0.1, 0.15) is 18.5 Å². The van der Waals surface area contributed by atoms with Crippen molar-refractivity contribution in [2.45, 2.75) is 22.3 Å². The van der Waals surface area contributed by atoms with E-state index in [4.69, 9.17) is 0 Å². The molecule has 0 radical (unpaired) electrons. The maximum atomic E-state index is 4.31. The van der Waals surface area contributed by atoms with Crippen LogP contribution in [-0.2, 0) is 0 Å². The van der Waals surface area contributed by atoms with Gasteiger partial charge in [-0.05, 0) is 55.0 Å². The molecule has 1 unspecified atom stereocenters. The molecule has 6 heteroatoms. The predicted molar refractivity (Wildman–Crippen MR) is 65.7 cm³/mol. The molecule has 2 aromatic rings. The summed E-state index contributed by atoms with van der Waals surface area (Å²) in [6, 6.07) is 4.43. The van der Waals surface area contributed by atoms with Gasteiger partial charge in [0.15, 0.2) is 4.34 Å². The first-order valence-electron chi connectivity index (χ1n) is 4.87. The van der Waals surface area contributed by atoms with Gasteiger partial charge in [-0.15, -0.1) is 0 Å². The lowest BCUT2D eigenvalue weighted by atomic mass is 10.1. The second-order valence-electron chi connectivity index (χ2n) is 3.25. The minimum absolute atomic E-state index is 0.330. The Morgan fingerprint density at radius 1 is 1.44 bits per heavy atom. The highest BCUT2D eigenvalue weighted by Crippen LogP contribution is 2.27. The van der Waals surface area contributed by atoms with Gasteiger partial charge in [-0.1, -0.05) is 0 Å². The van der Waals surface area contributed by atoms with E-state index < -0.39 is 0 Å². The topological polar surface area (TPSA) is 50.7 Å². The summed E-state index contributed by atoms with van der Waals surface area (Å²) < 4.78 is 4.88. The summed E-state index contributed by atoms with van der Waals surface area (Å²) >= 11 is 2.93. The van der Waals surface area contributed by atoms with Crippen LogP contribution in [0, 0.1) is 0 Å². The van der Waals surface area contributed by atoms with Crippen molar-refractivity contribution in [3.8, 4) is 0 Å². The zero-order valence-corrected chi connectivity index (χ0v) is 10.7. The lowest BCUT2D eigenvalue weighted by Crippen LogP contribution is -2.12. The minimum atomic E-state index is 0.330. The summed E-state index contributed by atoms with van der Waals surface area (Å²) in [6.45, 7) is 2.12. The molecule has 1 N–H and O–H groups in total. The van der Waals surface area contributed by atoms with E-state index in [1.54, 1.807) is 18.1 Å². The quantitative estimate of drug-likeness (QED) is 0.905. The van der Waals surface area contributed by atoms with Crippen molar-refractivity contribution in [1.82, 2.24) is 19.7 Å². The van der Waals surface area contributed by atoms with Crippen LogP contribution in [0.3, 0.4) is 0 Å². The fourth-order valence-electron chi connectivity index (χ4n) is 1.21. The second kappa shape index (κ2) is 5.38. The van der Waals surface area contributed by atoms with Crippen molar-refractivity contribution in [2.24, 2.45) is 0 Å². The lowest BCUT2D eigenvalue weighted by molar-refractivity contribution is 0.649. The van der Waals surface area contributed by atoms with Crippen molar-refractivity contribution >= 4 is 23.3 Å². The van der Waals surface area contributed by atoms with E-state index in [-0.39, 0.29) is 0 Å². The fourth-order valence-corrected chi connectivity index (χ4v) is 2.61. The lowest BCUT2D eigenvalue weighted by Gasteiger charge is -2.10. The molecule has 84 valence electrons. The van der Waals surface area contributed by atoms with Crippen LogP contribution in [0.25, 0.3) is 0 Å². The molecule has 0 amide bonds. The van der Waals surface area contributed by atoms with Crippen LogP contribution in [-0.4, -0.2) is 21.4 Å². The molecule has 16 heavy (non-hydrogen) atoms. The van der Waals surface area contributed by atoms with E-state index in [0.29, 0.717) is 6.04 Å². The van der Waals surface area contributed by atoms with Crippen molar-refractivity contribution in [1.29, 1.82) is 0 Å². The van der Waals surface area contributed by atoms with Crippen LogP contribution in [0.15, 0.2) is 34.0 Å². The summed E-state index contributed by atoms with van der Waals surface area (Å²) in [5.41, 5.74) is 1.23. The maximum Gasteiger partial charge on any atom is 0.175 e. The Labute approximate surface area is 103 Å². The van der Waals surface area contributed by atoms with E-state index in [9.17, 15) is 0 Å². The Morgan fingerprint density at radius 2 is 2.31 bits per heavy atom. The number of hydrogen-bond acceptors (Lipinski definition) is 6. The van der Waals surface area contributed by atoms with Gasteiger partial charge < -0.3 is 5.32 Å². The van der Waals surface area contributed by atoms with E-state index in [2.05, 4.69) is 32.6 Å². The first-order chi connectivity index (χ1) is 7.79. The zero-order chi connectivity index (χ0) is 11.4. The average Bonchev–Trinajstić information content (AvgIpc) is 2.81. The molecule has 4 nitrogen and oxygen atoms in total. The SMILES string of the molecule is CNC(C)c1ccnc(Sc2ncns2)c1. The van der Waals surface area contributed by atoms with Crippen molar-refractivity contribution in [2.75, 3.05) is 7.05 Å². The molecule has 2 aromatic heterocycles. The molecule has 0 spiro atoms. The number of nitrogens with one attached hydrogen (secondary N) is 1. The molecule has 0 aliphatic carbocycles. The van der Waals surface area contributed by atoms with Crippen LogP contribution < -0.4 is 5.32 Å². The summed E-state index contributed by atoms with van der Waals surface area (Å²) in [7, 11) is 1.95. The van der Waals surface area contributed by atoms with Crippen LogP contribution in [0.5, 0.6) is 0 Å². The van der Waals surface area contributed by atoms with Crippen molar-refractivity contribution < 1.29 is 0 Å². The normalized spacial score (nSPS) is 12.6. The van der Waals surface area contributed by atoms with Crippen LogP contribution in [0.4, 0.5) is 0 Å². The number of nitrogens with zero attached hydrogens (tertiary/aromatic N) is 3. The summed E-state index contributed by atoms with van der Waals surface area (Å²) in [5.74, 6) is 0. The van der Waals surface area contributed by atoms with Gasteiger partial charge in [0.1, 0.15) is 11.4 Å². The van der Waals surface area contributed by atoms with Gasteiger partial charge in [0.25, 0.3) is 0 Å². The predicted octanol–water partition coefficient (Wildman–Crippen LogP) is 2.36. The number of aromatic nitrogens is 3. The highest BCUT2D eigenvalue weighted by molar-refractivity contribution is 8.00. The number of pyridine rings is 1. The van der Waals surface area contributed by atoms with E-state index in [1.165, 1.54) is 17.1 Å². The Balaban J connectivity index is 2.16. The molecular weight excluding hydrogens is 240 g/mol. The molecule has 0 bridgehead atoms. The molecule has 0 saturated heterocycles.